The average molecular weight is 429 g/mol. The van der Waals surface area contributed by atoms with Gasteiger partial charge in [-0.1, -0.05) is 12.1 Å². The molecule has 8 nitrogen and oxygen atoms in total. The second kappa shape index (κ2) is 9.45. The maximum absolute atomic E-state index is 5.78. The number of ether oxygens (including phenoxy) is 4. The lowest BCUT2D eigenvalue weighted by molar-refractivity contribution is 0.242. The third-order valence-electron chi connectivity index (χ3n) is 4.16. The lowest BCUT2D eigenvalue weighted by atomic mass is 10.2. The van der Waals surface area contributed by atoms with E-state index in [-0.39, 0.29) is 6.10 Å². The van der Waals surface area contributed by atoms with Crippen LogP contribution >= 0.6 is 12.2 Å². The van der Waals surface area contributed by atoms with E-state index in [0.717, 1.165) is 11.3 Å². The van der Waals surface area contributed by atoms with E-state index in [2.05, 4.69) is 15.3 Å². The van der Waals surface area contributed by atoms with Crippen LogP contribution in [-0.4, -0.2) is 48.5 Å². The van der Waals surface area contributed by atoms with Crippen molar-refractivity contribution in [3.05, 3.63) is 46.7 Å². The first-order valence-electron chi connectivity index (χ1n) is 9.26. The topological polar surface area (TPSA) is 82.9 Å². The molecule has 1 heterocycles. The van der Waals surface area contributed by atoms with Crippen molar-refractivity contribution in [2.75, 3.05) is 21.3 Å². The highest BCUT2D eigenvalue weighted by molar-refractivity contribution is 7.71. The molecule has 0 saturated heterocycles. The fourth-order valence-corrected chi connectivity index (χ4v) is 3.09. The Bertz CT molecular complexity index is 1100. The van der Waals surface area contributed by atoms with Crippen LogP contribution in [0, 0.1) is 4.77 Å². The Morgan fingerprint density at radius 1 is 1.07 bits per heavy atom. The summed E-state index contributed by atoms with van der Waals surface area (Å²) in [5, 5.41) is 11.6. The van der Waals surface area contributed by atoms with Gasteiger partial charge >= 0.3 is 0 Å². The summed E-state index contributed by atoms with van der Waals surface area (Å²) in [4.78, 5) is 0. The number of benzene rings is 2. The van der Waals surface area contributed by atoms with Crippen molar-refractivity contribution in [2.45, 2.75) is 20.0 Å². The largest absolute Gasteiger partial charge is 0.493 e. The smallest absolute Gasteiger partial charge is 0.216 e. The van der Waals surface area contributed by atoms with E-state index in [1.165, 1.54) is 0 Å². The monoisotopic (exact) mass is 428 g/mol. The molecule has 1 N–H and O–H groups in total. The summed E-state index contributed by atoms with van der Waals surface area (Å²) in [6, 6.07) is 11.2. The quantitative estimate of drug-likeness (QED) is 0.425. The van der Waals surface area contributed by atoms with Crippen LogP contribution in [0.2, 0.25) is 0 Å². The van der Waals surface area contributed by atoms with Gasteiger partial charge in [0.2, 0.25) is 10.5 Å². The van der Waals surface area contributed by atoms with Gasteiger partial charge in [-0.05, 0) is 50.3 Å². The van der Waals surface area contributed by atoms with Crippen LogP contribution in [0.1, 0.15) is 19.4 Å². The number of aromatic amines is 1. The number of methoxy groups -OCH3 is 3. The molecule has 3 rings (SSSR count). The van der Waals surface area contributed by atoms with Crippen LogP contribution < -0.4 is 18.9 Å². The Hall–Kier alpha value is -3.33. The fraction of sp³-hybridized carbons (Fsp3) is 0.286. The van der Waals surface area contributed by atoms with Crippen molar-refractivity contribution in [1.29, 1.82) is 0 Å². The molecular weight excluding hydrogens is 404 g/mol. The molecule has 2 aromatic carbocycles. The zero-order valence-corrected chi connectivity index (χ0v) is 18.3. The summed E-state index contributed by atoms with van der Waals surface area (Å²) >= 11 is 5.36. The van der Waals surface area contributed by atoms with Crippen molar-refractivity contribution < 1.29 is 18.9 Å². The number of rotatable bonds is 8. The highest BCUT2D eigenvalue weighted by Gasteiger charge is 2.15. The fourth-order valence-electron chi connectivity index (χ4n) is 2.91. The Labute approximate surface area is 180 Å². The lowest BCUT2D eigenvalue weighted by Gasteiger charge is -2.13. The molecule has 0 bridgehead atoms. The van der Waals surface area contributed by atoms with Crippen molar-refractivity contribution in [3.63, 3.8) is 0 Å². The maximum Gasteiger partial charge on any atom is 0.216 e. The van der Waals surface area contributed by atoms with Gasteiger partial charge in [-0.15, -0.1) is 0 Å². The highest BCUT2D eigenvalue weighted by Crippen LogP contribution is 2.39. The van der Waals surface area contributed by atoms with Crippen molar-refractivity contribution in [2.24, 2.45) is 5.10 Å². The van der Waals surface area contributed by atoms with Crippen LogP contribution in [0.5, 0.6) is 23.0 Å². The summed E-state index contributed by atoms with van der Waals surface area (Å²) in [7, 11) is 4.68. The van der Waals surface area contributed by atoms with Crippen LogP contribution in [0.15, 0.2) is 41.5 Å². The molecule has 0 radical (unpaired) electrons. The van der Waals surface area contributed by atoms with Gasteiger partial charge < -0.3 is 18.9 Å². The van der Waals surface area contributed by atoms with Gasteiger partial charge in [0, 0.05) is 11.1 Å². The van der Waals surface area contributed by atoms with Gasteiger partial charge in [0.05, 0.1) is 33.6 Å². The minimum Gasteiger partial charge on any atom is -0.493 e. The third kappa shape index (κ3) is 4.46. The van der Waals surface area contributed by atoms with Gasteiger partial charge in [0.15, 0.2) is 17.3 Å². The first-order valence-corrected chi connectivity index (χ1v) is 9.67. The first-order chi connectivity index (χ1) is 14.5. The predicted molar refractivity (Wildman–Crippen MR) is 118 cm³/mol. The number of aromatic nitrogens is 3. The van der Waals surface area contributed by atoms with Crippen LogP contribution in [0.4, 0.5) is 0 Å². The van der Waals surface area contributed by atoms with E-state index in [9.17, 15) is 0 Å². The Balaban J connectivity index is 2.01. The summed E-state index contributed by atoms with van der Waals surface area (Å²) < 4.78 is 23.9. The van der Waals surface area contributed by atoms with Crippen molar-refractivity contribution in [1.82, 2.24) is 14.9 Å². The molecule has 0 amide bonds. The summed E-state index contributed by atoms with van der Waals surface area (Å²) in [6.45, 7) is 3.95. The molecule has 0 aliphatic carbocycles. The minimum atomic E-state index is 0.0663. The second-order valence-corrected chi connectivity index (χ2v) is 6.91. The Morgan fingerprint density at radius 3 is 2.50 bits per heavy atom. The van der Waals surface area contributed by atoms with Crippen LogP contribution in [0.3, 0.4) is 0 Å². The molecule has 0 aliphatic rings. The molecule has 158 valence electrons. The molecule has 0 unspecified atom stereocenters. The third-order valence-corrected chi connectivity index (χ3v) is 4.43. The molecule has 3 aromatic rings. The number of nitrogens with one attached hydrogen (secondary N) is 1. The Morgan fingerprint density at radius 2 is 1.83 bits per heavy atom. The molecule has 30 heavy (non-hydrogen) atoms. The number of H-pyrrole nitrogens is 1. The molecule has 0 saturated carbocycles. The van der Waals surface area contributed by atoms with Gasteiger partial charge in [-0.25, -0.2) is 5.10 Å². The molecule has 1 aromatic heterocycles. The van der Waals surface area contributed by atoms with Crippen LogP contribution in [0.25, 0.3) is 11.4 Å². The van der Waals surface area contributed by atoms with E-state index in [1.54, 1.807) is 38.3 Å². The zero-order chi connectivity index (χ0) is 21.7. The molecule has 0 spiro atoms. The maximum atomic E-state index is 5.78. The number of nitrogens with zero attached hydrogens (tertiary/aromatic N) is 3. The minimum absolute atomic E-state index is 0.0663. The van der Waals surface area contributed by atoms with Gasteiger partial charge in [-0.2, -0.15) is 14.9 Å². The highest BCUT2D eigenvalue weighted by atomic mass is 32.1. The second-order valence-electron chi connectivity index (χ2n) is 6.53. The van der Waals surface area contributed by atoms with Crippen molar-refractivity contribution in [3.8, 4) is 34.4 Å². The van der Waals surface area contributed by atoms with Crippen molar-refractivity contribution >= 4 is 18.4 Å². The van der Waals surface area contributed by atoms with E-state index < -0.39 is 0 Å². The van der Waals surface area contributed by atoms with Crippen LogP contribution in [-0.2, 0) is 0 Å². The Kier molecular flexibility index (Phi) is 6.73. The van der Waals surface area contributed by atoms with Gasteiger partial charge in [0.25, 0.3) is 0 Å². The molecule has 9 heteroatoms. The zero-order valence-electron chi connectivity index (χ0n) is 17.5. The van der Waals surface area contributed by atoms with E-state index in [0.29, 0.717) is 33.4 Å². The molecule has 0 aliphatic heterocycles. The molecule has 0 atom stereocenters. The van der Waals surface area contributed by atoms with E-state index in [1.807, 2.05) is 44.2 Å². The predicted octanol–water partition coefficient (Wildman–Crippen LogP) is 4.30. The summed E-state index contributed by atoms with van der Waals surface area (Å²) in [5.41, 5.74) is 1.51. The summed E-state index contributed by atoms with van der Waals surface area (Å²) in [6.07, 6.45) is 1.70. The van der Waals surface area contributed by atoms with E-state index >= 15 is 0 Å². The number of hydrogen-bond acceptors (Lipinski definition) is 7. The number of hydrogen-bond donors (Lipinski definition) is 1. The van der Waals surface area contributed by atoms with E-state index in [4.69, 9.17) is 31.2 Å². The summed E-state index contributed by atoms with van der Waals surface area (Å²) in [5.74, 6) is 2.86. The average Bonchev–Trinajstić information content (AvgIpc) is 3.11. The van der Waals surface area contributed by atoms with Gasteiger partial charge in [0.1, 0.15) is 5.75 Å². The molecule has 0 fully saturated rings. The van der Waals surface area contributed by atoms with Gasteiger partial charge in [-0.3, -0.25) is 0 Å². The first kappa shape index (κ1) is 21.4. The SMILES string of the molecule is COc1ccc(C=Nn2c(-c3cccc(OC(C)C)c3)n[nH]c2=S)c(OC)c1OC. The normalized spacial score (nSPS) is 11.1. The lowest BCUT2D eigenvalue weighted by Crippen LogP contribution is -2.05. The standard InChI is InChI=1S/C21H24N4O4S/c1-13(2)29-16-8-6-7-14(11-16)20-23-24-21(30)25(20)22-12-15-9-10-17(26-3)19(28-5)18(15)27-4/h6-13H,1-5H3,(H,24,30). The molecular formula is C21H24N4O4S.